The number of anilines is 2. The molecule has 0 radical (unpaired) electrons. The Bertz CT molecular complexity index is 1330. The Hall–Kier alpha value is -4.22. The van der Waals surface area contributed by atoms with Crippen LogP contribution in [0.25, 0.3) is 22.5 Å². The zero-order valence-electron chi connectivity index (χ0n) is 20.4. The number of rotatable bonds is 4. The number of methoxy groups -OCH3 is 1. The first-order chi connectivity index (χ1) is 17.5. The van der Waals surface area contributed by atoms with Gasteiger partial charge in [-0.3, -0.25) is 5.32 Å². The Morgan fingerprint density at radius 2 is 1.81 bits per heavy atom. The van der Waals surface area contributed by atoms with Gasteiger partial charge in [-0.15, -0.1) is 0 Å². The van der Waals surface area contributed by atoms with E-state index in [0.29, 0.717) is 28.5 Å². The molecule has 1 aromatic carbocycles. The molecule has 3 heterocycles. The summed E-state index contributed by atoms with van der Waals surface area (Å²) in [4.78, 5) is 38.5. The van der Waals surface area contributed by atoms with E-state index in [9.17, 15) is 22.8 Å². The second-order valence-electron chi connectivity index (χ2n) is 8.67. The fraction of sp³-hybridized carbons (Fsp3) is 0.320. The zero-order chi connectivity index (χ0) is 26.7. The minimum absolute atomic E-state index is 0.0436. The standard InChI is InChI=1S/C25H25F3N6O3/c1-14-4-5-18(32-23(35)34-9-7-17(13-34)25(26,27)28)11-19(14)21-12-20(30-15(2)31-21)16-6-8-29-22(10-16)33-24(36)37-3/h4-6,8,10-12,17H,7,9,13H2,1-3H3,(H,32,35)(H,29,33,36)/t17-/m0/s1. The highest BCUT2D eigenvalue weighted by atomic mass is 19.4. The summed E-state index contributed by atoms with van der Waals surface area (Å²) in [6.07, 6.45) is -3.55. The fourth-order valence-electron chi connectivity index (χ4n) is 4.06. The Morgan fingerprint density at radius 1 is 1.05 bits per heavy atom. The molecule has 1 atom stereocenters. The predicted molar refractivity (Wildman–Crippen MR) is 131 cm³/mol. The number of pyridine rings is 1. The van der Waals surface area contributed by atoms with Crippen LogP contribution in [0.2, 0.25) is 0 Å². The number of likely N-dealkylation sites (tertiary alicyclic amines) is 1. The molecule has 12 heteroatoms. The summed E-state index contributed by atoms with van der Waals surface area (Å²) in [6, 6.07) is 9.80. The summed E-state index contributed by atoms with van der Waals surface area (Å²) in [5.74, 6) is -0.723. The summed E-state index contributed by atoms with van der Waals surface area (Å²) < 4.78 is 43.6. The van der Waals surface area contributed by atoms with E-state index in [0.717, 1.165) is 11.1 Å². The third-order valence-electron chi connectivity index (χ3n) is 6.01. The highest BCUT2D eigenvalue weighted by molar-refractivity contribution is 5.90. The van der Waals surface area contributed by atoms with Crippen molar-refractivity contribution >= 4 is 23.6 Å². The molecule has 0 aliphatic carbocycles. The number of halogens is 3. The van der Waals surface area contributed by atoms with Crippen molar-refractivity contribution in [2.75, 3.05) is 30.8 Å². The highest BCUT2D eigenvalue weighted by Crippen LogP contribution is 2.34. The van der Waals surface area contributed by atoms with Gasteiger partial charge in [0.25, 0.3) is 0 Å². The number of hydrogen-bond donors (Lipinski definition) is 2. The van der Waals surface area contributed by atoms with E-state index in [-0.39, 0.29) is 25.3 Å². The van der Waals surface area contributed by atoms with Crippen molar-refractivity contribution in [2.45, 2.75) is 26.4 Å². The average Bonchev–Trinajstić information content (AvgIpc) is 3.36. The number of alkyl halides is 3. The molecular weight excluding hydrogens is 489 g/mol. The topological polar surface area (TPSA) is 109 Å². The molecule has 4 rings (SSSR count). The lowest BCUT2D eigenvalue weighted by atomic mass is 10.0. The number of carbonyl (C=O) groups excluding carboxylic acids is 2. The summed E-state index contributed by atoms with van der Waals surface area (Å²) >= 11 is 0. The molecule has 2 aromatic heterocycles. The molecular formula is C25H25F3N6O3. The third kappa shape index (κ3) is 6.13. The van der Waals surface area contributed by atoms with E-state index in [1.165, 1.54) is 18.2 Å². The monoisotopic (exact) mass is 514 g/mol. The van der Waals surface area contributed by atoms with Gasteiger partial charge in [0.05, 0.1) is 24.4 Å². The fourth-order valence-corrected chi connectivity index (χ4v) is 4.06. The van der Waals surface area contributed by atoms with E-state index < -0.39 is 24.2 Å². The average molecular weight is 515 g/mol. The Balaban J connectivity index is 1.58. The number of aryl methyl sites for hydroxylation is 2. The number of nitrogens with one attached hydrogen (secondary N) is 2. The third-order valence-corrected chi connectivity index (χ3v) is 6.01. The first kappa shape index (κ1) is 25.9. The van der Waals surface area contributed by atoms with Crippen LogP contribution in [0.4, 0.5) is 34.3 Å². The number of aromatic nitrogens is 3. The lowest BCUT2D eigenvalue weighted by molar-refractivity contribution is -0.169. The molecule has 3 aromatic rings. The van der Waals surface area contributed by atoms with Gasteiger partial charge in [-0.1, -0.05) is 6.07 Å². The second-order valence-corrected chi connectivity index (χ2v) is 8.67. The van der Waals surface area contributed by atoms with Crippen LogP contribution >= 0.6 is 0 Å². The molecule has 0 spiro atoms. The van der Waals surface area contributed by atoms with Crippen LogP contribution in [0.15, 0.2) is 42.6 Å². The van der Waals surface area contributed by atoms with Crippen LogP contribution in [0.5, 0.6) is 0 Å². The normalized spacial score (nSPS) is 15.4. The first-order valence-corrected chi connectivity index (χ1v) is 11.4. The van der Waals surface area contributed by atoms with Gasteiger partial charge in [0, 0.05) is 36.1 Å². The smallest absolute Gasteiger partial charge is 0.412 e. The lowest BCUT2D eigenvalue weighted by Crippen LogP contribution is -2.35. The number of urea groups is 1. The Kier molecular flexibility index (Phi) is 7.28. The van der Waals surface area contributed by atoms with Crippen molar-refractivity contribution in [3.05, 3.63) is 54.0 Å². The van der Waals surface area contributed by atoms with Crippen LogP contribution in [0.1, 0.15) is 17.8 Å². The van der Waals surface area contributed by atoms with E-state index in [4.69, 9.17) is 0 Å². The summed E-state index contributed by atoms with van der Waals surface area (Å²) in [6.45, 7) is 3.31. The van der Waals surface area contributed by atoms with Gasteiger partial charge in [0.15, 0.2) is 0 Å². The second kappa shape index (κ2) is 10.4. The van der Waals surface area contributed by atoms with Crippen LogP contribution in [-0.4, -0.2) is 58.4 Å². The minimum Gasteiger partial charge on any atom is -0.453 e. The van der Waals surface area contributed by atoms with Crippen molar-refractivity contribution < 1.29 is 27.5 Å². The van der Waals surface area contributed by atoms with E-state index >= 15 is 0 Å². The van der Waals surface area contributed by atoms with Crippen molar-refractivity contribution in [3.63, 3.8) is 0 Å². The molecule has 3 amide bonds. The van der Waals surface area contributed by atoms with Gasteiger partial charge >= 0.3 is 18.3 Å². The number of amides is 3. The molecule has 37 heavy (non-hydrogen) atoms. The predicted octanol–water partition coefficient (Wildman–Crippen LogP) is 5.42. The van der Waals surface area contributed by atoms with Crippen LogP contribution < -0.4 is 10.6 Å². The highest BCUT2D eigenvalue weighted by Gasteiger charge is 2.44. The number of carbonyl (C=O) groups is 2. The largest absolute Gasteiger partial charge is 0.453 e. The van der Waals surface area contributed by atoms with Crippen LogP contribution in [0, 0.1) is 19.8 Å². The summed E-state index contributed by atoms with van der Waals surface area (Å²) in [7, 11) is 1.25. The van der Waals surface area contributed by atoms with Gasteiger partial charge in [0.1, 0.15) is 11.6 Å². The van der Waals surface area contributed by atoms with Gasteiger partial charge in [-0.25, -0.2) is 24.5 Å². The van der Waals surface area contributed by atoms with Crippen molar-refractivity contribution in [3.8, 4) is 22.5 Å². The van der Waals surface area contributed by atoms with Crippen molar-refractivity contribution in [1.82, 2.24) is 19.9 Å². The van der Waals surface area contributed by atoms with Crippen molar-refractivity contribution in [1.29, 1.82) is 0 Å². The maximum Gasteiger partial charge on any atom is 0.412 e. The maximum absolute atomic E-state index is 13.0. The zero-order valence-corrected chi connectivity index (χ0v) is 20.4. The van der Waals surface area contributed by atoms with E-state index in [1.54, 1.807) is 43.3 Å². The molecule has 0 unspecified atom stereocenters. The van der Waals surface area contributed by atoms with Crippen LogP contribution in [0.3, 0.4) is 0 Å². The quantitative estimate of drug-likeness (QED) is 0.482. The SMILES string of the molecule is COC(=O)Nc1cc(-c2cc(-c3cc(NC(=O)N4CC[C@H](C(F)(F)F)C4)ccc3C)nc(C)n2)ccn1. The molecule has 2 N–H and O–H groups in total. The minimum atomic E-state index is -4.32. The van der Waals surface area contributed by atoms with E-state index in [1.807, 2.05) is 6.92 Å². The number of benzene rings is 1. The Labute approximate surface area is 211 Å². The molecule has 1 aliphatic heterocycles. The lowest BCUT2D eigenvalue weighted by Gasteiger charge is -2.19. The summed E-state index contributed by atoms with van der Waals surface area (Å²) in [5, 5.41) is 5.21. The molecule has 0 saturated carbocycles. The van der Waals surface area contributed by atoms with Crippen molar-refractivity contribution in [2.24, 2.45) is 5.92 Å². The van der Waals surface area contributed by atoms with E-state index in [2.05, 4.69) is 30.3 Å². The molecule has 1 aliphatic rings. The van der Waals surface area contributed by atoms with Gasteiger partial charge < -0.3 is 15.0 Å². The number of hydrogen-bond acceptors (Lipinski definition) is 6. The molecule has 1 saturated heterocycles. The number of ether oxygens (including phenoxy) is 1. The number of nitrogens with zero attached hydrogens (tertiary/aromatic N) is 4. The van der Waals surface area contributed by atoms with Crippen LogP contribution in [-0.2, 0) is 4.74 Å². The molecule has 0 bridgehead atoms. The van der Waals surface area contributed by atoms with Gasteiger partial charge in [-0.05, 0) is 56.2 Å². The van der Waals surface area contributed by atoms with Gasteiger partial charge in [-0.2, -0.15) is 13.2 Å². The Morgan fingerprint density at radius 3 is 2.51 bits per heavy atom. The first-order valence-electron chi connectivity index (χ1n) is 11.4. The molecule has 9 nitrogen and oxygen atoms in total. The maximum atomic E-state index is 13.0. The molecule has 194 valence electrons. The van der Waals surface area contributed by atoms with Gasteiger partial charge in [0.2, 0.25) is 0 Å². The molecule has 1 fully saturated rings. The summed E-state index contributed by atoms with van der Waals surface area (Å²) in [5.41, 5.74) is 3.90.